The van der Waals surface area contributed by atoms with Gasteiger partial charge < -0.3 is 15.3 Å². The van der Waals surface area contributed by atoms with Crippen LogP contribution < -0.4 is 5.32 Å². The number of aliphatic hydroxyl groups excluding tert-OH is 1. The molecule has 2 N–H and O–H groups in total. The molecule has 3 rings (SSSR count). The first-order valence-electron chi connectivity index (χ1n) is 7.30. The number of rotatable bonds is 4. The largest absolute Gasteiger partial charge is 0.392 e. The molecule has 3 heteroatoms. The Morgan fingerprint density at radius 1 is 1.18 bits per heavy atom. The minimum absolute atomic E-state index is 0.115. The summed E-state index contributed by atoms with van der Waals surface area (Å²) in [6.07, 6.45) is 6.80. The number of nitrogens with zero attached hydrogens (tertiary/aromatic N) is 1. The fourth-order valence-electron chi connectivity index (χ4n) is 4.39. The van der Waals surface area contributed by atoms with Crippen LogP contribution in [-0.2, 0) is 0 Å². The molecule has 3 aliphatic rings. The van der Waals surface area contributed by atoms with Gasteiger partial charge in [-0.1, -0.05) is 6.42 Å². The van der Waals surface area contributed by atoms with Gasteiger partial charge in [-0.3, -0.25) is 0 Å². The maximum Gasteiger partial charge on any atom is 0.0680 e. The second kappa shape index (κ2) is 4.87. The molecule has 0 aromatic heterocycles. The zero-order valence-electron chi connectivity index (χ0n) is 10.9. The third-order valence-electron chi connectivity index (χ3n) is 5.16. The fraction of sp³-hybridized carbons (Fsp3) is 1.00. The molecule has 0 aromatic rings. The standard InChI is InChI=1S/C14H26N2O/c1-16(9-13-6-14(17)7-15-13)8-12-5-10-2-3-11(12)4-10/h10-15,17H,2-9H2,1H3. The van der Waals surface area contributed by atoms with Crippen LogP contribution in [0.15, 0.2) is 0 Å². The van der Waals surface area contributed by atoms with Crippen molar-refractivity contribution in [3.63, 3.8) is 0 Å². The van der Waals surface area contributed by atoms with E-state index in [0.717, 1.165) is 37.3 Å². The van der Waals surface area contributed by atoms with E-state index in [-0.39, 0.29) is 6.10 Å². The summed E-state index contributed by atoms with van der Waals surface area (Å²) in [7, 11) is 2.25. The van der Waals surface area contributed by atoms with E-state index in [1.54, 1.807) is 0 Å². The molecule has 0 spiro atoms. The first-order valence-corrected chi connectivity index (χ1v) is 7.30. The molecular weight excluding hydrogens is 212 g/mol. The Labute approximate surface area is 105 Å². The average molecular weight is 238 g/mol. The molecular formula is C14H26N2O. The van der Waals surface area contributed by atoms with Gasteiger partial charge in [-0.25, -0.2) is 0 Å². The number of likely N-dealkylation sites (N-methyl/N-ethyl adjacent to an activating group) is 1. The van der Waals surface area contributed by atoms with E-state index < -0.39 is 0 Å². The quantitative estimate of drug-likeness (QED) is 0.769. The van der Waals surface area contributed by atoms with Crippen molar-refractivity contribution in [1.29, 1.82) is 0 Å². The lowest BCUT2D eigenvalue weighted by Gasteiger charge is -2.28. The topological polar surface area (TPSA) is 35.5 Å². The highest BCUT2D eigenvalue weighted by atomic mass is 16.3. The van der Waals surface area contributed by atoms with Crippen molar-refractivity contribution in [3.8, 4) is 0 Å². The Hall–Kier alpha value is -0.120. The van der Waals surface area contributed by atoms with Gasteiger partial charge in [0.15, 0.2) is 0 Å². The molecule has 0 amide bonds. The lowest BCUT2D eigenvalue weighted by Crippen LogP contribution is -2.38. The van der Waals surface area contributed by atoms with Crippen LogP contribution >= 0.6 is 0 Å². The lowest BCUT2D eigenvalue weighted by molar-refractivity contribution is 0.182. The highest BCUT2D eigenvalue weighted by Gasteiger charge is 2.39. The normalized spacial score (nSPS) is 45.0. The predicted molar refractivity (Wildman–Crippen MR) is 68.8 cm³/mol. The minimum atomic E-state index is -0.115. The number of hydrogen-bond acceptors (Lipinski definition) is 3. The summed E-state index contributed by atoms with van der Waals surface area (Å²) in [5.41, 5.74) is 0. The minimum Gasteiger partial charge on any atom is -0.392 e. The van der Waals surface area contributed by atoms with Crippen molar-refractivity contribution in [2.24, 2.45) is 17.8 Å². The lowest BCUT2D eigenvalue weighted by atomic mass is 9.88. The number of fused-ring (bicyclic) bond motifs is 2. The van der Waals surface area contributed by atoms with E-state index in [9.17, 15) is 5.11 Å². The van der Waals surface area contributed by atoms with Gasteiger partial charge in [0.1, 0.15) is 0 Å². The SMILES string of the molecule is CN(CC1CC(O)CN1)CC1CC2CCC1C2. The van der Waals surface area contributed by atoms with Gasteiger partial charge in [-0.05, 0) is 50.5 Å². The Morgan fingerprint density at radius 2 is 2.06 bits per heavy atom. The van der Waals surface area contributed by atoms with E-state index in [2.05, 4.69) is 17.3 Å². The first kappa shape index (κ1) is 11.9. The van der Waals surface area contributed by atoms with E-state index in [0.29, 0.717) is 6.04 Å². The van der Waals surface area contributed by atoms with Crippen LogP contribution in [0.4, 0.5) is 0 Å². The van der Waals surface area contributed by atoms with Gasteiger partial charge in [0.25, 0.3) is 0 Å². The van der Waals surface area contributed by atoms with Crippen LogP contribution in [0.5, 0.6) is 0 Å². The molecule has 5 atom stereocenters. The first-order chi connectivity index (χ1) is 8.20. The van der Waals surface area contributed by atoms with Crippen LogP contribution in [0, 0.1) is 17.8 Å². The van der Waals surface area contributed by atoms with E-state index >= 15 is 0 Å². The van der Waals surface area contributed by atoms with Crippen molar-refractivity contribution in [3.05, 3.63) is 0 Å². The zero-order valence-corrected chi connectivity index (χ0v) is 10.9. The summed E-state index contributed by atoms with van der Waals surface area (Å²) in [6.45, 7) is 3.16. The molecule has 1 aliphatic heterocycles. The van der Waals surface area contributed by atoms with Crippen LogP contribution in [0.1, 0.15) is 32.1 Å². The van der Waals surface area contributed by atoms with Crippen molar-refractivity contribution >= 4 is 0 Å². The molecule has 5 unspecified atom stereocenters. The zero-order chi connectivity index (χ0) is 11.8. The molecule has 1 saturated heterocycles. The third-order valence-corrected chi connectivity index (χ3v) is 5.16. The van der Waals surface area contributed by atoms with Crippen molar-refractivity contribution < 1.29 is 5.11 Å². The van der Waals surface area contributed by atoms with Gasteiger partial charge in [-0.2, -0.15) is 0 Å². The van der Waals surface area contributed by atoms with Gasteiger partial charge in [-0.15, -0.1) is 0 Å². The molecule has 0 aromatic carbocycles. The molecule has 3 nitrogen and oxygen atoms in total. The maximum absolute atomic E-state index is 9.50. The summed E-state index contributed by atoms with van der Waals surface area (Å²) in [6, 6.07) is 0.508. The molecule has 1 heterocycles. The summed E-state index contributed by atoms with van der Waals surface area (Å²) < 4.78 is 0. The Balaban J connectivity index is 1.43. The fourth-order valence-corrected chi connectivity index (χ4v) is 4.39. The summed E-state index contributed by atoms with van der Waals surface area (Å²) in [5.74, 6) is 3.06. The predicted octanol–water partition coefficient (Wildman–Crippen LogP) is 1.08. The highest BCUT2D eigenvalue weighted by Crippen LogP contribution is 2.48. The summed E-state index contributed by atoms with van der Waals surface area (Å²) in [4.78, 5) is 2.49. The van der Waals surface area contributed by atoms with E-state index in [1.807, 2.05) is 0 Å². The molecule has 17 heavy (non-hydrogen) atoms. The summed E-state index contributed by atoms with van der Waals surface area (Å²) >= 11 is 0. The monoisotopic (exact) mass is 238 g/mol. The van der Waals surface area contributed by atoms with Gasteiger partial charge in [0.05, 0.1) is 6.10 Å². The van der Waals surface area contributed by atoms with Gasteiger partial charge in [0, 0.05) is 25.7 Å². The van der Waals surface area contributed by atoms with E-state index in [4.69, 9.17) is 0 Å². The highest BCUT2D eigenvalue weighted by molar-refractivity contribution is 4.91. The van der Waals surface area contributed by atoms with Crippen molar-refractivity contribution in [1.82, 2.24) is 10.2 Å². The number of aliphatic hydroxyl groups is 1. The summed E-state index contributed by atoms with van der Waals surface area (Å²) in [5, 5.41) is 12.9. The number of hydrogen-bond donors (Lipinski definition) is 2. The molecule has 2 saturated carbocycles. The Kier molecular flexibility index (Phi) is 3.42. The number of nitrogens with one attached hydrogen (secondary N) is 1. The van der Waals surface area contributed by atoms with Crippen LogP contribution in [0.3, 0.4) is 0 Å². The average Bonchev–Trinajstić information content (AvgIpc) is 2.95. The van der Waals surface area contributed by atoms with Crippen molar-refractivity contribution in [2.45, 2.75) is 44.2 Å². The smallest absolute Gasteiger partial charge is 0.0680 e. The van der Waals surface area contributed by atoms with Crippen LogP contribution in [-0.4, -0.2) is 48.8 Å². The van der Waals surface area contributed by atoms with Gasteiger partial charge in [0.2, 0.25) is 0 Å². The Bertz CT molecular complexity index is 271. The van der Waals surface area contributed by atoms with Crippen LogP contribution in [0.2, 0.25) is 0 Å². The molecule has 3 fully saturated rings. The van der Waals surface area contributed by atoms with E-state index in [1.165, 1.54) is 32.2 Å². The second-order valence-electron chi connectivity index (χ2n) is 6.65. The van der Waals surface area contributed by atoms with Gasteiger partial charge >= 0.3 is 0 Å². The molecule has 0 radical (unpaired) electrons. The second-order valence-corrected chi connectivity index (χ2v) is 6.65. The van der Waals surface area contributed by atoms with Crippen LogP contribution in [0.25, 0.3) is 0 Å². The molecule has 2 aliphatic carbocycles. The molecule has 98 valence electrons. The Morgan fingerprint density at radius 3 is 2.65 bits per heavy atom. The van der Waals surface area contributed by atoms with Crippen molar-refractivity contribution in [2.75, 3.05) is 26.7 Å². The maximum atomic E-state index is 9.50. The number of β-amino-alcohol motifs (C(OH)–C–C–N with tert-alkyl or cyclic N) is 1. The molecule has 2 bridgehead atoms. The third kappa shape index (κ3) is 2.67.